The lowest BCUT2D eigenvalue weighted by Gasteiger charge is -2.18. The average molecular weight is 360 g/mol. The first-order valence-corrected chi connectivity index (χ1v) is 7.52. The van der Waals surface area contributed by atoms with Crippen molar-refractivity contribution in [3.63, 3.8) is 0 Å². The number of alkyl halides is 3. The minimum Gasteiger partial charge on any atom is -0.461 e. The lowest BCUT2D eigenvalue weighted by molar-refractivity contribution is -0.203. The van der Waals surface area contributed by atoms with Crippen molar-refractivity contribution in [2.24, 2.45) is 0 Å². The minimum atomic E-state index is -5.01. The molecule has 1 aliphatic rings. The van der Waals surface area contributed by atoms with Crippen molar-refractivity contribution in [3.8, 4) is 6.01 Å². The summed E-state index contributed by atoms with van der Waals surface area (Å²) in [5.74, 6) is -1.84. The van der Waals surface area contributed by atoms with Crippen molar-refractivity contribution < 1.29 is 27.4 Å². The number of hydrogen-bond donors (Lipinski definition) is 1. The maximum absolute atomic E-state index is 12.3. The molecule has 0 saturated carbocycles. The fourth-order valence-corrected chi connectivity index (χ4v) is 2.43. The van der Waals surface area contributed by atoms with Gasteiger partial charge in [0.25, 0.3) is 0 Å². The van der Waals surface area contributed by atoms with Crippen molar-refractivity contribution in [2.75, 3.05) is 18.0 Å². The third-order valence-corrected chi connectivity index (χ3v) is 3.44. The Morgan fingerprint density at radius 2 is 2.12 bits per heavy atom. The largest absolute Gasteiger partial charge is 0.490 e. The summed E-state index contributed by atoms with van der Waals surface area (Å²) < 4.78 is 46.9. The SMILES string of the molecule is CC(C)Oc1nc(N2CC[C@H](OC(=O)C(F)(F)F)C2)c2nn[nH]c2n1. The summed E-state index contributed by atoms with van der Waals surface area (Å²) in [5, 5.41) is 10.2. The van der Waals surface area contributed by atoms with E-state index in [4.69, 9.17) is 4.74 Å². The van der Waals surface area contributed by atoms with E-state index in [-0.39, 0.29) is 25.1 Å². The summed E-state index contributed by atoms with van der Waals surface area (Å²) in [6, 6.07) is 0.0966. The zero-order valence-corrected chi connectivity index (χ0v) is 13.4. The smallest absolute Gasteiger partial charge is 0.461 e. The topological polar surface area (TPSA) is 106 Å². The molecule has 1 atom stereocenters. The summed E-state index contributed by atoms with van der Waals surface area (Å²) in [4.78, 5) is 21.0. The summed E-state index contributed by atoms with van der Waals surface area (Å²) in [7, 11) is 0. The Balaban J connectivity index is 1.80. The van der Waals surface area contributed by atoms with Gasteiger partial charge in [-0.25, -0.2) is 9.89 Å². The maximum Gasteiger partial charge on any atom is 0.490 e. The average Bonchev–Trinajstić information content (AvgIpc) is 3.13. The predicted octanol–water partition coefficient (Wildman–Crippen LogP) is 1.22. The zero-order valence-electron chi connectivity index (χ0n) is 13.4. The second-order valence-corrected chi connectivity index (χ2v) is 5.77. The van der Waals surface area contributed by atoms with Crippen molar-refractivity contribution in [1.82, 2.24) is 25.4 Å². The Hall–Kier alpha value is -2.66. The number of carbonyl (C=O) groups excluding carboxylic acids is 1. The number of H-pyrrole nitrogens is 1. The molecule has 0 unspecified atom stereocenters. The Labute approximate surface area is 139 Å². The van der Waals surface area contributed by atoms with Gasteiger partial charge in [0.1, 0.15) is 6.10 Å². The van der Waals surface area contributed by atoms with Crippen LogP contribution in [-0.2, 0) is 9.53 Å². The molecule has 9 nitrogen and oxygen atoms in total. The number of nitrogens with zero attached hydrogens (tertiary/aromatic N) is 5. The Bertz CT molecular complexity index is 778. The summed E-state index contributed by atoms with van der Waals surface area (Å²) in [6.45, 7) is 4.01. The number of aromatic nitrogens is 5. The van der Waals surface area contributed by atoms with Gasteiger partial charge in [0.05, 0.1) is 12.6 Å². The molecule has 1 aliphatic heterocycles. The first kappa shape index (κ1) is 17.2. The van der Waals surface area contributed by atoms with Crippen LogP contribution in [0.1, 0.15) is 20.3 Å². The molecule has 136 valence electrons. The van der Waals surface area contributed by atoms with Crippen LogP contribution in [-0.4, -0.2) is 62.8 Å². The molecular weight excluding hydrogens is 345 g/mol. The van der Waals surface area contributed by atoms with Gasteiger partial charge in [-0.3, -0.25) is 0 Å². The number of esters is 1. The minimum absolute atomic E-state index is 0.0575. The van der Waals surface area contributed by atoms with E-state index in [1.807, 2.05) is 0 Å². The number of rotatable bonds is 4. The fraction of sp³-hybridized carbons (Fsp3) is 0.615. The van der Waals surface area contributed by atoms with E-state index in [2.05, 4.69) is 30.1 Å². The number of anilines is 1. The molecule has 1 fully saturated rings. The highest BCUT2D eigenvalue weighted by Crippen LogP contribution is 2.28. The third-order valence-electron chi connectivity index (χ3n) is 3.44. The lowest BCUT2D eigenvalue weighted by Crippen LogP contribution is -2.32. The van der Waals surface area contributed by atoms with Crippen LogP contribution < -0.4 is 9.64 Å². The Morgan fingerprint density at radius 1 is 1.36 bits per heavy atom. The zero-order chi connectivity index (χ0) is 18.2. The van der Waals surface area contributed by atoms with Gasteiger partial charge in [0.2, 0.25) is 0 Å². The number of hydrogen-bond acceptors (Lipinski definition) is 8. The quantitative estimate of drug-likeness (QED) is 0.811. The van der Waals surface area contributed by atoms with Crippen LogP contribution in [0.25, 0.3) is 11.2 Å². The number of halogens is 3. The van der Waals surface area contributed by atoms with Crippen LogP contribution in [0.4, 0.5) is 19.0 Å². The van der Waals surface area contributed by atoms with Crippen LogP contribution in [0.5, 0.6) is 6.01 Å². The number of carbonyl (C=O) groups is 1. The Kier molecular flexibility index (Phi) is 4.35. The fourth-order valence-electron chi connectivity index (χ4n) is 2.43. The van der Waals surface area contributed by atoms with Crippen LogP contribution in [0.3, 0.4) is 0 Å². The van der Waals surface area contributed by atoms with Gasteiger partial charge >= 0.3 is 18.2 Å². The van der Waals surface area contributed by atoms with E-state index in [0.29, 0.717) is 23.5 Å². The molecule has 0 radical (unpaired) electrons. The normalized spacial score (nSPS) is 18.2. The number of aromatic amines is 1. The van der Waals surface area contributed by atoms with Gasteiger partial charge in [-0.2, -0.15) is 23.1 Å². The van der Waals surface area contributed by atoms with E-state index < -0.39 is 18.2 Å². The van der Waals surface area contributed by atoms with Crippen LogP contribution in [0.2, 0.25) is 0 Å². The van der Waals surface area contributed by atoms with Crippen LogP contribution in [0, 0.1) is 0 Å². The molecule has 1 saturated heterocycles. The lowest BCUT2D eigenvalue weighted by atomic mass is 10.3. The predicted molar refractivity (Wildman–Crippen MR) is 78.0 cm³/mol. The van der Waals surface area contributed by atoms with Gasteiger partial charge < -0.3 is 14.4 Å². The van der Waals surface area contributed by atoms with Gasteiger partial charge in [-0.15, -0.1) is 5.10 Å². The number of ether oxygens (including phenoxy) is 2. The van der Waals surface area contributed by atoms with Crippen molar-refractivity contribution >= 4 is 23.0 Å². The van der Waals surface area contributed by atoms with E-state index in [9.17, 15) is 18.0 Å². The highest BCUT2D eigenvalue weighted by molar-refractivity contribution is 5.83. The summed E-state index contributed by atoms with van der Waals surface area (Å²) >= 11 is 0. The van der Waals surface area contributed by atoms with E-state index in [1.54, 1.807) is 18.7 Å². The van der Waals surface area contributed by atoms with Crippen molar-refractivity contribution in [3.05, 3.63) is 0 Å². The first-order valence-electron chi connectivity index (χ1n) is 7.52. The van der Waals surface area contributed by atoms with E-state index in [0.717, 1.165) is 0 Å². The molecule has 2 aromatic rings. The van der Waals surface area contributed by atoms with Crippen molar-refractivity contribution in [2.45, 2.75) is 38.7 Å². The second-order valence-electron chi connectivity index (χ2n) is 5.77. The van der Waals surface area contributed by atoms with Crippen LogP contribution in [0.15, 0.2) is 0 Å². The highest BCUT2D eigenvalue weighted by Gasteiger charge is 2.43. The molecule has 1 N–H and O–H groups in total. The Morgan fingerprint density at radius 3 is 2.80 bits per heavy atom. The van der Waals surface area contributed by atoms with Gasteiger partial charge in [0, 0.05) is 13.0 Å². The number of nitrogens with one attached hydrogen (secondary N) is 1. The van der Waals surface area contributed by atoms with Crippen molar-refractivity contribution in [1.29, 1.82) is 0 Å². The highest BCUT2D eigenvalue weighted by atomic mass is 19.4. The van der Waals surface area contributed by atoms with E-state index in [1.165, 1.54) is 0 Å². The molecule has 3 rings (SSSR count). The van der Waals surface area contributed by atoms with Crippen LogP contribution >= 0.6 is 0 Å². The monoisotopic (exact) mass is 360 g/mol. The van der Waals surface area contributed by atoms with Gasteiger partial charge in [0.15, 0.2) is 17.0 Å². The molecular formula is C13H15F3N6O3. The maximum atomic E-state index is 12.3. The number of fused-ring (bicyclic) bond motifs is 1. The standard InChI is InChI=1S/C13H15F3N6O3/c1-6(2)24-12-17-9-8(19-21-20-9)10(18-12)22-4-3-7(5-22)25-11(23)13(14,15)16/h6-7H,3-5H2,1-2H3,(H,17,18,19,20,21)/t7-/m0/s1. The summed E-state index contributed by atoms with van der Waals surface area (Å²) in [5.41, 5.74) is 0.704. The molecule has 2 aromatic heterocycles. The molecule has 25 heavy (non-hydrogen) atoms. The first-order chi connectivity index (χ1) is 11.7. The molecule has 0 aromatic carbocycles. The molecule has 0 amide bonds. The van der Waals surface area contributed by atoms with Gasteiger partial charge in [-0.05, 0) is 13.8 Å². The summed E-state index contributed by atoms with van der Waals surface area (Å²) in [6.07, 6.45) is -5.83. The molecule has 0 aliphatic carbocycles. The molecule has 12 heteroatoms. The third kappa shape index (κ3) is 3.72. The van der Waals surface area contributed by atoms with E-state index >= 15 is 0 Å². The molecule has 0 bridgehead atoms. The molecule has 3 heterocycles. The molecule has 0 spiro atoms. The second kappa shape index (κ2) is 6.33. The van der Waals surface area contributed by atoms with Gasteiger partial charge in [-0.1, -0.05) is 5.21 Å².